The molecule has 2 atom stereocenters. The number of hydrogen-bond donors (Lipinski definition) is 1. The van der Waals surface area contributed by atoms with Crippen molar-refractivity contribution in [3.63, 3.8) is 0 Å². The molecule has 0 bridgehead atoms. The first-order valence-corrected chi connectivity index (χ1v) is 6.96. The van der Waals surface area contributed by atoms with Crippen molar-refractivity contribution in [1.29, 1.82) is 0 Å². The maximum atomic E-state index is 3.72. The van der Waals surface area contributed by atoms with E-state index in [-0.39, 0.29) is 0 Å². The lowest BCUT2D eigenvalue weighted by Gasteiger charge is -2.48. The minimum atomic E-state index is 0.445. The van der Waals surface area contributed by atoms with E-state index in [1.165, 1.54) is 32.2 Å². The molecule has 2 heteroatoms. The predicted molar refractivity (Wildman–Crippen MR) is 71.8 cm³/mol. The van der Waals surface area contributed by atoms with Gasteiger partial charge in [0, 0.05) is 12.1 Å². The van der Waals surface area contributed by atoms with Crippen LogP contribution in [-0.4, -0.2) is 37.1 Å². The molecule has 0 aromatic carbocycles. The van der Waals surface area contributed by atoms with Crippen LogP contribution in [0.3, 0.4) is 0 Å². The van der Waals surface area contributed by atoms with E-state index in [9.17, 15) is 0 Å². The largest absolute Gasteiger partial charge is 0.312 e. The van der Waals surface area contributed by atoms with Crippen LogP contribution in [0.2, 0.25) is 0 Å². The third kappa shape index (κ3) is 3.21. The normalized spacial score (nSPS) is 29.6. The first-order valence-electron chi connectivity index (χ1n) is 6.96. The Morgan fingerprint density at radius 2 is 2.00 bits per heavy atom. The molecular weight excluding hydrogens is 196 g/mol. The van der Waals surface area contributed by atoms with Crippen molar-refractivity contribution < 1.29 is 0 Å². The molecule has 0 spiro atoms. The molecule has 1 N–H and O–H groups in total. The van der Waals surface area contributed by atoms with Crippen LogP contribution in [0.25, 0.3) is 0 Å². The van der Waals surface area contributed by atoms with E-state index in [0.29, 0.717) is 11.5 Å². The topological polar surface area (TPSA) is 15.3 Å². The van der Waals surface area contributed by atoms with Crippen molar-refractivity contribution in [1.82, 2.24) is 10.2 Å². The van der Waals surface area contributed by atoms with E-state index >= 15 is 0 Å². The maximum absolute atomic E-state index is 3.72. The van der Waals surface area contributed by atoms with Crippen LogP contribution in [0.5, 0.6) is 0 Å². The molecular formula is C14H30N2. The summed E-state index contributed by atoms with van der Waals surface area (Å²) in [6.45, 7) is 11.7. The number of hydrogen-bond acceptors (Lipinski definition) is 2. The van der Waals surface area contributed by atoms with Crippen LogP contribution in [0, 0.1) is 5.41 Å². The predicted octanol–water partition coefficient (Wildman–Crippen LogP) is 2.89. The average molecular weight is 226 g/mol. The third-order valence-electron chi connectivity index (χ3n) is 4.11. The fourth-order valence-electron chi connectivity index (χ4n) is 3.24. The lowest BCUT2D eigenvalue weighted by Crippen LogP contribution is -2.58. The van der Waals surface area contributed by atoms with E-state index < -0.39 is 0 Å². The lowest BCUT2D eigenvalue weighted by atomic mass is 9.70. The zero-order valence-corrected chi connectivity index (χ0v) is 11.8. The van der Waals surface area contributed by atoms with Gasteiger partial charge in [-0.2, -0.15) is 0 Å². The number of nitrogens with zero attached hydrogens (tertiary/aromatic N) is 1. The Hall–Kier alpha value is -0.0800. The van der Waals surface area contributed by atoms with Gasteiger partial charge in [-0.1, -0.05) is 34.1 Å². The van der Waals surface area contributed by atoms with E-state index in [2.05, 4.69) is 45.0 Å². The fraction of sp³-hybridized carbons (Fsp3) is 1.00. The van der Waals surface area contributed by atoms with Gasteiger partial charge in [-0.05, 0) is 44.8 Å². The highest BCUT2D eigenvalue weighted by Crippen LogP contribution is 2.37. The molecule has 2 nitrogen and oxygen atoms in total. The van der Waals surface area contributed by atoms with Gasteiger partial charge in [-0.3, -0.25) is 0 Å². The minimum Gasteiger partial charge on any atom is -0.312 e. The summed E-state index contributed by atoms with van der Waals surface area (Å²) in [6.07, 6.45) is 5.36. The van der Waals surface area contributed by atoms with Crippen molar-refractivity contribution in [3.8, 4) is 0 Å². The highest BCUT2D eigenvalue weighted by Gasteiger charge is 2.39. The van der Waals surface area contributed by atoms with E-state index in [4.69, 9.17) is 0 Å². The third-order valence-corrected chi connectivity index (χ3v) is 4.11. The van der Waals surface area contributed by atoms with Crippen LogP contribution in [-0.2, 0) is 0 Å². The van der Waals surface area contributed by atoms with Gasteiger partial charge in [0.15, 0.2) is 0 Å². The summed E-state index contributed by atoms with van der Waals surface area (Å²) in [7, 11) is 2.29. The summed E-state index contributed by atoms with van der Waals surface area (Å²) in [6, 6.07) is 1.38. The highest BCUT2D eigenvalue weighted by molar-refractivity contribution is 4.97. The zero-order valence-electron chi connectivity index (χ0n) is 11.8. The zero-order chi connectivity index (χ0) is 12.2. The second-order valence-electron chi connectivity index (χ2n) is 5.96. The smallest absolute Gasteiger partial charge is 0.0274 e. The van der Waals surface area contributed by atoms with Crippen molar-refractivity contribution in [3.05, 3.63) is 0 Å². The lowest BCUT2D eigenvalue weighted by molar-refractivity contribution is 0.0638. The van der Waals surface area contributed by atoms with Crippen LogP contribution in [0.1, 0.15) is 53.4 Å². The standard InChI is InChI=1S/C14H30N2/c1-6-11-16(5)12-9-8-10-14(3,4)13(12)15-7-2/h12-13,15H,6-11H2,1-5H3. The molecule has 0 amide bonds. The van der Waals surface area contributed by atoms with Crippen LogP contribution < -0.4 is 5.32 Å². The minimum absolute atomic E-state index is 0.445. The summed E-state index contributed by atoms with van der Waals surface area (Å²) < 4.78 is 0. The summed E-state index contributed by atoms with van der Waals surface area (Å²) in [5, 5.41) is 3.72. The van der Waals surface area contributed by atoms with Gasteiger partial charge in [0.1, 0.15) is 0 Å². The molecule has 96 valence electrons. The van der Waals surface area contributed by atoms with Crippen LogP contribution in [0.15, 0.2) is 0 Å². The number of likely N-dealkylation sites (N-methyl/N-ethyl adjacent to an activating group) is 2. The second kappa shape index (κ2) is 6.02. The van der Waals surface area contributed by atoms with Crippen molar-refractivity contribution in [2.75, 3.05) is 20.1 Å². The van der Waals surface area contributed by atoms with Crippen LogP contribution >= 0.6 is 0 Å². The van der Waals surface area contributed by atoms with Gasteiger partial charge in [0.05, 0.1) is 0 Å². The van der Waals surface area contributed by atoms with Gasteiger partial charge in [-0.25, -0.2) is 0 Å². The summed E-state index contributed by atoms with van der Waals surface area (Å²) in [5.41, 5.74) is 0.445. The molecule has 0 aliphatic heterocycles. The Labute approximate surface area is 102 Å². The molecule has 1 saturated carbocycles. The number of nitrogens with one attached hydrogen (secondary N) is 1. The molecule has 2 unspecified atom stereocenters. The molecule has 1 aliphatic carbocycles. The molecule has 0 aromatic heterocycles. The van der Waals surface area contributed by atoms with E-state index in [0.717, 1.165) is 12.6 Å². The molecule has 16 heavy (non-hydrogen) atoms. The van der Waals surface area contributed by atoms with E-state index in [1.54, 1.807) is 0 Å². The van der Waals surface area contributed by atoms with Gasteiger partial charge in [0.2, 0.25) is 0 Å². The Balaban J connectivity index is 2.71. The molecule has 0 radical (unpaired) electrons. The van der Waals surface area contributed by atoms with Crippen LogP contribution in [0.4, 0.5) is 0 Å². The van der Waals surface area contributed by atoms with Gasteiger partial charge < -0.3 is 10.2 Å². The highest BCUT2D eigenvalue weighted by atomic mass is 15.2. The van der Waals surface area contributed by atoms with E-state index in [1.807, 2.05) is 0 Å². The first-order chi connectivity index (χ1) is 7.53. The van der Waals surface area contributed by atoms with Crippen molar-refractivity contribution >= 4 is 0 Å². The molecule has 1 fully saturated rings. The van der Waals surface area contributed by atoms with Gasteiger partial charge >= 0.3 is 0 Å². The van der Waals surface area contributed by atoms with Gasteiger partial charge in [0.25, 0.3) is 0 Å². The fourth-order valence-corrected chi connectivity index (χ4v) is 3.24. The molecule has 0 aromatic rings. The first kappa shape index (κ1) is 14.0. The molecule has 1 rings (SSSR count). The Kier molecular flexibility index (Phi) is 5.26. The van der Waals surface area contributed by atoms with Crippen molar-refractivity contribution in [2.24, 2.45) is 5.41 Å². The Morgan fingerprint density at radius 1 is 1.31 bits per heavy atom. The Bertz CT molecular complexity index is 201. The van der Waals surface area contributed by atoms with Gasteiger partial charge in [-0.15, -0.1) is 0 Å². The molecule has 0 heterocycles. The summed E-state index contributed by atoms with van der Waals surface area (Å²) in [4.78, 5) is 2.56. The summed E-state index contributed by atoms with van der Waals surface area (Å²) >= 11 is 0. The second-order valence-corrected chi connectivity index (χ2v) is 5.96. The monoisotopic (exact) mass is 226 g/mol. The molecule has 0 saturated heterocycles. The SMILES string of the molecule is CCCN(C)C1CCCC(C)(C)C1NCC. The quantitative estimate of drug-likeness (QED) is 0.775. The maximum Gasteiger partial charge on any atom is 0.0274 e. The average Bonchev–Trinajstić information content (AvgIpc) is 2.21. The van der Waals surface area contributed by atoms with Crippen molar-refractivity contribution in [2.45, 2.75) is 65.5 Å². The molecule has 1 aliphatic rings. The summed E-state index contributed by atoms with van der Waals surface area (Å²) in [5.74, 6) is 0. The number of rotatable bonds is 5. The Morgan fingerprint density at radius 3 is 2.56 bits per heavy atom.